The lowest BCUT2D eigenvalue weighted by Gasteiger charge is -2.15. The summed E-state index contributed by atoms with van der Waals surface area (Å²) in [4.78, 5) is 36.2. The number of likely N-dealkylation sites (tertiary alicyclic amines) is 1. The van der Waals surface area contributed by atoms with E-state index in [1.807, 2.05) is 0 Å². The number of esters is 1. The molecule has 1 saturated carbocycles. The number of nitrogens with one attached hydrogen (secondary N) is 1. The minimum atomic E-state index is -0.733. The zero-order valence-electron chi connectivity index (χ0n) is 13.2. The van der Waals surface area contributed by atoms with Crippen LogP contribution in [-0.2, 0) is 9.53 Å². The lowest BCUT2D eigenvalue weighted by Crippen LogP contribution is -2.32. The number of nitrogens with zero attached hydrogens (tertiary/aromatic N) is 2. The summed E-state index contributed by atoms with van der Waals surface area (Å²) in [6.45, 7) is 1.03. The first kappa shape index (κ1) is 16.2. The molecule has 0 bridgehead atoms. The Kier molecular flexibility index (Phi) is 4.64. The molecule has 1 aromatic rings. The molecule has 1 amide bonds. The number of amides is 1. The van der Waals surface area contributed by atoms with Gasteiger partial charge in [-0.05, 0) is 37.8 Å². The predicted octanol–water partition coefficient (Wildman–Crippen LogP) is 1.95. The van der Waals surface area contributed by atoms with Crippen LogP contribution in [0.2, 0.25) is 0 Å². The molecule has 0 atom stereocenters. The number of rotatable bonds is 6. The van der Waals surface area contributed by atoms with Gasteiger partial charge < -0.3 is 15.0 Å². The molecule has 3 rings (SSSR count). The number of hydrogen-bond acceptors (Lipinski definition) is 6. The summed E-state index contributed by atoms with van der Waals surface area (Å²) in [5, 5.41) is 14.3. The fourth-order valence-corrected chi connectivity index (χ4v) is 2.65. The van der Waals surface area contributed by atoms with Gasteiger partial charge in [-0.3, -0.25) is 14.9 Å². The summed E-state index contributed by atoms with van der Waals surface area (Å²) in [5.74, 6) is -0.967. The first-order valence-corrected chi connectivity index (χ1v) is 8.04. The van der Waals surface area contributed by atoms with Crippen LogP contribution in [0.5, 0.6) is 0 Å². The molecule has 2 fully saturated rings. The number of ether oxygens (including phenoxy) is 1. The highest BCUT2D eigenvalue weighted by Crippen LogP contribution is 2.31. The van der Waals surface area contributed by atoms with E-state index in [9.17, 15) is 19.7 Å². The highest BCUT2D eigenvalue weighted by Gasteiger charge is 2.26. The molecule has 1 heterocycles. The third kappa shape index (κ3) is 3.81. The summed E-state index contributed by atoms with van der Waals surface area (Å²) in [7, 11) is 0. The number of carbonyl (C=O) groups is 2. The van der Waals surface area contributed by atoms with Crippen LogP contribution >= 0.6 is 0 Å². The summed E-state index contributed by atoms with van der Waals surface area (Å²) < 4.78 is 5.00. The monoisotopic (exact) mass is 333 g/mol. The van der Waals surface area contributed by atoms with Gasteiger partial charge in [0, 0.05) is 25.2 Å². The molecule has 0 spiro atoms. The Morgan fingerprint density at radius 1 is 1.29 bits per heavy atom. The van der Waals surface area contributed by atoms with E-state index in [0.717, 1.165) is 25.7 Å². The molecular formula is C16H19N3O5. The molecule has 1 N–H and O–H groups in total. The molecule has 1 aliphatic carbocycles. The van der Waals surface area contributed by atoms with Crippen LogP contribution < -0.4 is 5.32 Å². The largest absolute Gasteiger partial charge is 0.452 e. The number of anilines is 1. The number of hydrogen-bond donors (Lipinski definition) is 1. The molecule has 0 aromatic heterocycles. The first-order valence-electron chi connectivity index (χ1n) is 8.04. The molecular weight excluding hydrogens is 314 g/mol. The van der Waals surface area contributed by atoms with E-state index in [1.165, 1.54) is 18.2 Å². The van der Waals surface area contributed by atoms with Crippen LogP contribution in [0.3, 0.4) is 0 Å². The van der Waals surface area contributed by atoms with Crippen molar-refractivity contribution in [1.82, 2.24) is 4.90 Å². The van der Waals surface area contributed by atoms with Crippen LogP contribution in [0, 0.1) is 10.1 Å². The minimum absolute atomic E-state index is 0.0669. The van der Waals surface area contributed by atoms with Crippen LogP contribution in [0.4, 0.5) is 11.4 Å². The second-order valence-electron chi connectivity index (χ2n) is 6.07. The number of nitro groups is 1. The topological polar surface area (TPSA) is 102 Å². The van der Waals surface area contributed by atoms with Crippen molar-refractivity contribution in [3.63, 3.8) is 0 Å². The van der Waals surface area contributed by atoms with Crippen molar-refractivity contribution in [2.45, 2.75) is 31.7 Å². The minimum Gasteiger partial charge on any atom is -0.452 e. The molecule has 1 saturated heterocycles. The lowest BCUT2D eigenvalue weighted by molar-refractivity contribution is -0.384. The lowest BCUT2D eigenvalue weighted by atomic mass is 10.1. The van der Waals surface area contributed by atoms with Crippen molar-refractivity contribution in [2.75, 3.05) is 25.0 Å². The molecule has 1 aromatic carbocycles. The van der Waals surface area contributed by atoms with E-state index >= 15 is 0 Å². The second-order valence-corrected chi connectivity index (χ2v) is 6.07. The van der Waals surface area contributed by atoms with Crippen molar-refractivity contribution in [3.05, 3.63) is 33.9 Å². The molecule has 24 heavy (non-hydrogen) atoms. The fraction of sp³-hybridized carbons (Fsp3) is 0.500. The van der Waals surface area contributed by atoms with Crippen LogP contribution in [0.25, 0.3) is 0 Å². The van der Waals surface area contributed by atoms with Gasteiger partial charge in [-0.1, -0.05) is 0 Å². The van der Waals surface area contributed by atoms with E-state index in [1.54, 1.807) is 4.90 Å². The van der Waals surface area contributed by atoms with E-state index in [4.69, 9.17) is 4.74 Å². The van der Waals surface area contributed by atoms with Crippen molar-refractivity contribution in [1.29, 1.82) is 0 Å². The average Bonchev–Trinajstić information content (AvgIpc) is 3.21. The number of nitro benzene ring substituents is 1. The van der Waals surface area contributed by atoms with Crippen LogP contribution in [-0.4, -0.2) is 47.4 Å². The quantitative estimate of drug-likeness (QED) is 0.485. The Morgan fingerprint density at radius 3 is 2.62 bits per heavy atom. The third-order valence-electron chi connectivity index (χ3n) is 4.15. The van der Waals surface area contributed by atoms with Gasteiger partial charge in [0.15, 0.2) is 6.61 Å². The van der Waals surface area contributed by atoms with E-state index in [2.05, 4.69) is 5.32 Å². The highest BCUT2D eigenvalue weighted by molar-refractivity contribution is 5.93. The molecule has 128 valence electrons. The molecule has 8 nitrogen and oxygen atoms in total. The van der Waals surface area contributed by atoms with Crippen molar-refractivity contribution >= 4 is 23.3 Å². The maximum absolute atomic E-state index is 12.0. The predicted molar refractivity (Wildman–Crippen MR) is 85.8 cm³/mol. The van der Waals surface area contributed by atoms with Crippen molar-refractivity contribution in [3.8, 4) is 0 Å². The first-order chi connectivity index (χ1) is 11.5. The summed E-state index contributed by atoms with van der Waals surface area (Å²) in [5.41, 5.74) is 0.298. The van der Waals surface area contributed by atoms with Crippen LogP contribution in [0.15, 0.2) is 18.2 Å². The van der Waals surface area contributed by atoms with Gasteiger partial charge in [-0.15, -0.1) is 0 Å². The Labute approximate surface area is 138 Å². The highest BCUT2D eigenvalue weighted by atomic mass is 16.6. The Balaban J connectivity index is 1.64. The van der Waals surface area contributed by atoms with Gasteiger partial charge in [-0.25, -0.2) is 4.79 Å². The van der Waals surface area contributed by atoms with Crippen LogP contribution in [0.1, 0.15) is 36.0 Å². The zero-order chi connectivity index (χ0) is 17.1. The third-order valence-corrected chi connectivity index (χ3v) is 4.15. The Bertz CT molecular complexity index is 666. The van der Waals surface area contributed by atoms with Gasteiger partial charge in [0.1, 0.15) is 5.69 Å². The smallest absolute Gasteiger partial charge is 0.338 e. The van der Waals surface area contributed by atoms with E-state index in [0.29, 0.717) is 18.8 Å². The average molecular weight is 333 g/mol. The summed E-state index contributed by atoms with van der Waals surface area (Å²) in [6, 6.07) is 4.43. The summed E-state index contributed by atoms with van der Waals surface area (Å²) >= 11 is 0. The Hall–Kier alpha value is -2.64. The van der Waals surface area contributed by atoms with Gasteiger partial charge in [0.2, 0.25) is 0 Å². The molecule has 0 unspecified atom stereocenters. The fourth-order valence-electron chi connectivity index (χ4n) is 2.65. The molecule has 8 heteroatoms. The normalized spacial score (nSPS) is 16.8. The summed E-state index contributed by atoms with van der Waals surface area (Å²) in [6.07, 6.45) is 3.89. The number of benzene rings is 1. The van der Waals surface area contributed by atoms with Gasteiger partial charge in [0.05, 0.1) is 10.5 Å². The van der Waals surface area contributed by atoms with E-state index < -0.39 is 10.9 Å². The van der Waals surface area contributed by atoms with E-state index in [-0.39, 0.29) is 29.8 Å². The zero-order valence-corrected chi connectivity index (χ0v) is 13.2. The molecule has 1 aliphatic heterocycles. The molecule has 2 aliphatic rings. The van der Waals surface area contributed by atoms with Gasteiger partial charge in [-0.2, -0.15) is 0 Å². The van der Waals surface area contributed by atoms with Gasteiger partial charge >= 0.3 is 5.97 Å². The number of carbonyl (C=O) groups excluding carboxylic acids is 2. The maximum atomic E-state index is 12.0. The Morgan fingerprint density at radius 2 is 2.00 bits per heavy atom. The SMILES string of the molecule is O=C(OCC(=O)N1CCCC1)c1ccc(NC2CC2)c([N+](=O)[O-])c1. The standard InChI is InChI=1S/C16H19N3O5/c20-15(18-7-1-2-8-18)10-24-16(21)11-3-6-13(17-12-4-5-12)14(9-11)19(22)23/h3,6,9,12,17H,1-2,4-5,7-8,10H2. The molecule has 0 radical (unpaired) electrons. The van der Waals surface area contributed by atoms with Gasteiger partial charge in [0.25, 0.3) is 11.6 Å². The maximum Gasteiger partial charge on any atom is 0.338 e. The van der Waals surface area contributed by atoms with Crippen molar-refractivity contribution in [2.24, 2.45) is 0 Å². The second kappa shape index (κ2) is 6.86. The van der Waals surface area contributed by atoms with Crippen molar-refractivity contribution < 1.29 is 19.2 Å².